The number of aromatic nitrogens is 2. The van der Waals surface area contributed by atoms with E-state index >= 15 is 0 Å². The normalized spacial score (nSPS) is 20.7. The van der Waals surface area contributed by atoms with Crippen molar-refractivity contribution < 1.29 is 4.79 Å². The summed E-state index contributed by atoms with van der Waals surface area (Å²) in [5.74, 6) is 0.642. The molecule has 0 aromatic carbocycles. The number of amides is 1. The number of carbonyl (C=O) groups is 1. The molecule has 3 N–H and O–H groups in total. The zero-order valence-corrected chi connectivity index (χ0v) is 9.55. The van der Waals surface area contributed by atoms with Crippen LogP contribution < -0.4 is 10.6 Å². The van der Waals surface area contributed by atoms with Crippen molar-refractivity contribution in [3.05, 3.63) is 11.8 Å². The fourth-order valence-electron chi connectivity index (χ4n) is 1.90. The number of piperidine rings is 1. The van der Waals surface area contributed by atoms with Crippen LogP contribution in [0.2, 0.25) is 0 Å². The van der Waals surface area contributed by atoms with Crippen molar-refractivity contribution in [2.24, 2.45) is 0 Å². The Morgan fingerprint density at radius 3 is 3.12 bits per heavy atom. The fraction of sp³-hybridized carbons (Fsp3) is 0.636. The van der Waals surface area contributed by atoms with Gasteiger partial charge in [-0.05, 0) is 25.8 Å². The van der Waals surface area contributed by atoms with Crippen LogP contribution in [0.1, 0.15) is 31.9 Å². The Morgan fingerprint density at radius 2 is 2.50 bits per heavy atom. The van der Waals surface area contributed by atoms with Gasteiger partial charge in [-0.2, -0.15) is 5.10 Å². The Labute approximate surface area is 95.0 Å². The highest BCUT2D eigenvalue weighted by Gasteiger charge is 2.20. The standard InChI is InChI=1S/C11H18N4O/c1-2-8-7-10(15-14-8)13-11(16)9-5-3-4-6-12-9/h7,9,12H,2-6H2,1H3,(H2,13,14,15,16)/t9-/m0/s1. The molecule has 1 aromatic rings. The number of aryl methyl sites for hydroxylation is 1. The second-order valence-corrected chi connectivity index (χ2v) is 4.12. The molecule has 0 aliphatic carbocycles. The lowest BCUT2D eigenvalue weighted by Gasteiger charge is -2.21. The van der Waals surface area contributed by atoms with Crippen LogP contribution in [-0.2, 0) is 11.2 Å². The lowest BCUT2D eigenvalue weighted by atomic mass is 10.0. The van der Waals surface area contributed by atoms with Crippen LogP contribution in [0, 0.1) is 0 Å². The van der Waals surface area contributed by atoms with Gasteiger partial charge in [-0.15, -0.1) is 0 Å². The average Bonchev–Trinajstić information content (AvgIpc) is 2.78. The number of carbonyl (C=O) groups excluding carboxylic acids is 1. The van der Waals surface area contributed by atoms with Crippen LogP contribution in [0.25, 0.3) is 0 Å². The molecular formula is C11H18N4O. The monoisotopic (exact) mass is 222 g/mol. The molecule has 1 amide bonds. The quantitative estimate of drug-likeness (QED) is 0.716. The van der Waals surface area contributed by atoms with Crippen LogP contribution in [0.3, 0.4) is 0 Å². The van der Waals surface area contributed by atoms with E-state index in [0.717, 1.165) is 37.9 Å². The number of rotatable bonds is 3. The van der Waals surface area contributed by atoms with Crippen molar-refractivity contribution in [1.82, 2.24) is 15.5 Å². The summed E-state index contributed by atoms with van der Waals surface area (Å²) in [7, 11) is 0. The minimum absolute atomic E-state index is 0.0221. The van der Waals surface area contributed by atoms with E-state index in [0.29, 0.717) is 5.82 Å². The Morgan fingerprint density at radius 1 is 1.62 bits per heavy atom. The molecule has 1 saturated heterocycles. The lowest BCUT2D eigenvalue weighted by molar-refractivity contribution is -0.118. The van der Waals surface area contributed by atoms with Crippen molar-refractivity contribution in [3.8, 4) is 0 Å². The second-order valence-electron chi connectivity index (χ2n) is 4.12. The molecular weight excluding hydrogens is 204 g/mol. The first-order valence-electron chi connectivity index (χ1n) is 5.88. The highest BCUT2D eigenvalue weighted by Crippen LogP contribution is 2.10. The van der Waals surface area contributed by atoms with Gasteiger partial charge in [-0.25, -0.2) is 0 Å². The molecule has 16 heavy (non-hydrogen) atoms. The summed E-state index contributed by atoms with van der Waals surface area (Å²) in [5, 5.41) is 12.9. The van der Waals surface area contributed by atoms with Gasteiger partial charge < -0.3 is 10.6 Å². The molecule has 0 bridgehead atoms. The molecule has 5 nitrogen and oxygen atoms in total. The van der Waals surface area contributed by atoms with E-state index in [1.807, 2.05) is 13.0 Å². The lowest BCUT2D eigenvalue weighted by Crippen LogP contribution is -2.43. The highest BCUT2D eigenvalue weighted by molar-refractivity contribution is 5.94. The average molecular weight is 222 g/mol. The highest BCUT2D eigenvalue weighted by atomic mass is 16.2. The molecule has 0 unspecified atom stereocenters. The Balaban J connectivity index is 1.90. The zero-order chi connectivity index (χ0) is 11.4. The molecule has 1 aliphatic heterocycles. The topological polar surface area (TPSA) is 69.8 Å². The van der Waals surface area contributed by atoms with E-state index in [1.165, 1.54) is 0 Å². The van der Waals surface area contributed by atoms with Crippen molar-refractivity contribution >= 4 is 11.7 Å². The molecule has 1 aliphatic rings. The molecule has 0 saturated carbocycles. The smallest absolute Gasteiger partial charge is 0.242 e. The fourth-order valence-corrected chi connectivity index (χ4v) is 1.90. The summed E-state index contributed by atoms with van der Waals surface area (Å²) in [4.78, 5) is 11.8. The molecule has 1 atom stereocenters. The van der Waals surface area contributed by atoms with Gasteiger partial charge in [-0.1, -0.05) is 13.3 Å². The number of nitrogens with zero attached hydrogens (tertiary/aromatic N) is 1. The van der Waals surface area contributed by atoms with E-state index < -0.39 is 0 Å². The van der Waals surface area contributed by atoms with Crippen LogP contribution in [-0.4, -0.2) is 28.7 Å². The Bertz CT molecular complexity index is 355. The molecule has 2 rings (SSSR count). The van der Waals surface area contributed by atoms with Gasteiger partial charge >= 0.3 is 0 Å². The summed E-state index contributed by atoms with van der Waals surface area (Å²) in [5.41, 5.74) is 1.03. The van der Waals surface area contributed by atoms with Gasteiger partial charge in [-0.3, -0.25) is 9.89 Å². The van der Waals surface area contributed by atoms with E-state index in [-0.39, 0.29) is 11.9 Å². The first-order valence-corrected chi connectivity index (χ1v) is 5.88. The van der Waals surface area contributed by atoms with Crippen LogP contribution in [0.5, 0.6) is 0 Å². The minimum atomic E-state index is -0.0597. The van der Waals surface area contributed by atoms with Gasteiger partial charge in [0.1, 0.15) is 0 Å². The minimum Gasteiger partial charge on any atom is -0.308 e. The van der Waals surface area contributed by atoms with Gasteiger partial charge in [0.05, 0.1) is 6.04 Å². The molecule has 2 heterocycles. The summed E-state index contributed by atoms with van der Waals surface area (Å²) >= 11 is 0. The number of nitrogens with one attached hydrogen (secondary N) is 3. The Hall–Kier alpha value is -1.36. The largest absolute Gasteiger partial charge is 0.308 e. The number of H-pyrrole nitrogens is 1. The third kappa shape index (κ3) is 2.61. The van der Waals surface area contributed by atoms with Crippen molar-refractivity contribution in [3.63, 3.8) is 0 Å². The molecule has 0 radical (unpaired) electrons. The van der Waals surface area contributed by atoms with E-state index in [9.17, 15) is 4.79 Å². The maximum atomic E-state index is 11.8. The Kier molecular flexibility index (Phi) is 3.56. The van der Waals surface area contributed by atoms with Gasteiger partial charge in [0.25, 0.3) is 0 Å². The number of aromatic amines is 1. The van der Waals surface area contributed by atoms with Crippen LogP contribution >= 0.6 is 0 Å². The van der Waals surface area contributed by atoms with Crippen molar-refractivity contribution in [2.75, 3.05) is 11.9 Å². The molecule has 1 aromatic heterocycles. The molecule has 1 fully saturated rings. The maximum Gasteiger partial charge on any atom is 0.242 e. The third-order valence-corrected chi connectivity index (χ3v) is 2.89. The molecule has 0 spiro atoms. The van der Waals surface area contributed by atoms with E-state index in [4.69, 9.17) is 0 Å². The molecule has 5 heteroatoms. The maximum absolute atomic E-state index is 11.8. The predicted molar refractivity (Wildman–Crippen MR) is 62.2 cm³/mol. The van der Waals surface area contributed by atoms with Gasteiger partial charge in [0.2, 0.25) is 5.91 Å². The van der Waals surface area contributed by atoms with E-state index in [2.05, 4.69) is 20.8 Å². The predicted octanol–water partition coefficient (Wildman–Crippen LogP) is 1.05. The number of hydrogen-bond acceptors (Lipinski definition) is 3. The zero-order valence-electron chi connectivity index (χ0n) is 9.55. The first-order chi connectivity index (χ1) is 7.79. The van der Waals surface area contributed by atoms with Gasteiger partial charge in [0, 0.05) is 11.8 Å². The third-order valence-electron chi connectivity index (χ3n) is 2.89. The summed E-state index contributed by atoms with van der Waals surface area (Å²) in [6.07, 6.45) is 4.08. The van der Waals surface area contributed by atoms with E-state index in [1.54, 1.807) is 0 Å². The van der Waals surface area contributed by atoms with Crippen LogP contribution in [0.15, 0.2) is 6.07 Å². The number of hydrogen-bond donors (Lipinski definition) is 3. The first kappa shape index (κ1) is 11.1. The van der Waals surface area contributed by atoms with Crippen molar-refractivity contribution in [2.45, 2.75) is 38.6 Å². The summed E-state index contributed by atoms with van der Waals surface area (Å²) in [6.45, 7) is 2.97. The van der Waals surface area contributed by atoms with Gasteiger partial charge in [0.15, 0.2) is 5.82 Å². The van der Waals surface area contributed by atoms with Crippen molar-refractivity contribution in [1.29, 1.82) is 0 Å². The SMILES string of the molecule is CCc1cc(NC(=O)[C@@H]2CCCCN2)n[nH]1. The molecule has 88 valence electrons. The number of anilines is 1. The van der Waals surface area contributed by atoms with Crippen LogP contribution in [0.4, 0.5) is 5.82 Å². The summed E-state index contributed by atoms with van der Waals surface area (Å²) < 4.78 is 0. The summed E-state index contributed by atoms with van der Waals surface area (Å²) in [6, 6.07) is 1.82. The second kappa shape index (κ2) is 5.12.